The van der Waals surface area contributed by atoms with Gasteiger partial charge in [0, 0.05) is 44.0 Å². The highest BCUT2D eigenvalue weighted by Crippen LogP contribution is 2.26. The lowest BCUT2D eigenvalue weighted by Crippen LogP contribution is -2.44. The van der Waals surface area contributed by atoms with E-state index in [-0.39, 0.29) is 11.7 Å². The van der Waals surface area contributed by atoms with Crippen LogP contribution in [0, 0.1) is 0 Å². The highest BCUT2D eigenvalue weighted by Gasteiger charge is 2.14. The highest BCUT2D eigenvalue weighted by atomic mass is 16.5. The van der Waals surface area contributed by atoms with E-state index in [2.05, 4.69) is 22.2 Å². The third-order valence-corrected chi connectivity index (χ3v) is 4.94. The van der Waals surface area contributed by atoms with Crippen LogP contribution in [0.25, 0.3) is 0 Å². The summed E-state index contributed by atoms with van der Waals surface area (Å²) in [5.41, 5.74) is 2.76. The molecule has 3 rings (SSSR count). The fourth-order valence-electron chi connectivity index (χ4n) is 3.20. The van der Waals surface area contributed by atoms with E-state index in [0.717, 1.165) is 37.4 Å². The number of nitrogens with one attached hydrogen (secondary N) is 1. The Labute approximate surface area is 160 Å². The van der Waals surface area contributed by atoms with Gasteiger partial charge in [-0.15, -0.1) is 0 Å². The van der Waals surface area contributed by atoms with Gasteiger partial charge in [-0.3, -0.25) is 4.79 Å². The van der Waals surface area contributed by atoms with Crippen LogP contribution in [0.5, 0.6) is 11.5 Å². The summed E-state index contributed by atoms with van der Waals surface area (Å²) in [7, 11) is 3.65. The van der Waals surface area contributed by atoms with E-state index >= 15 is 0 Å². The number of hydrogen-bond acceptors (Lipinski definition) is 5. The quantitative estimate of drug-likeness (QED) is 0.817. The molecule has 0 aromatic heterocycles. The first kappa shape index (κ1) is 19.0. The minimum atomic E-state index is -0.0855. The van der Waals surface area contributed by atoms with Crippen molar-refractivity contribution in [3.63, 3.8) is 0 Å². The Morgan fingerprint density at radius 1 is 1.11 bits per heavy atom. The molecule has 144 valence electrons. The second-order valence-electron chi connectivity index (χ2n) is 6.85. The molecule has 6 nitrogen and oxygen atoms in total. The van der Waals surface area contributed by atoms with Crippen molar-refractivity contribution >= 4 is 11.6 Å². The van der Waals surface area contributed by atoms with Crippen molar-refractivity contribution in [3.8, 4) is 11.5 Å². The minimum Gasteiger partial charge on any atom is -0.504 e. The number of amides is 1. The maximum atomic E-state index is 12.3. The van der Waals surface area contributed by atoms with Gasteiger partial charge >= 0.3 is 0 Å². The lowest BCUT2D eigenvalue weighted by atomic mass is 10.1. The van der Waals surface area contributed by atoms with Crippen LogP contribution in [0.2, 0.25) is 0 Å². The maximum Gasteiger partial charge on any atom is 0.251 e. The van der Waals surface area contributed by atoms with Crippen LogP contribution < -0.4 is 15.0 Å². The SMILES string of the molecule is COc1ccc(CCNC(=O)c2ccc(N3CCN(C)CC3)cc2)cc1O. The second-order valence-corrected chi connectivity index (χ2v) is 6.85. The van der Waals surface area contributed by atoms with Crippen molar-refractivity contribution < 1.29 is 14.6 Å². The summed E-state index contributed by atoms with van der Waals surface area (Å²) in [5, 5.41) is 12.7. The molecule has 1 amide bonds. The van der Waals surface area contributed by atoms with Crippen LogP contribution in [-0.2, 0) is 6.42 Å². The van der Waals surface area contributed by atoms with E-state index in [1.807, 2.05) is 30.3 Å². The normalized spacial score (nSPS) is 14.8. The van der Waals surface area contributed by atoms with Crippen molar-refractivity contribution in [1.82, 2.24) is 10.2 Å². The van der Waals surface area contributed by atoms with Gasteiger partial charge in [0.05, 0.1) is 7.11 Å². The van der Waals surface area contributed by atoms with Gasteiger partial charge in [-0.1, -0.05) is 6.07 Å². The van der Waals surface area contributed by atoms with Gasteiger partial charge < -0.3 is 25.0 Å². The maximum absolute atomic E-state index is 12.3. The van der Waals surface area contributed by atoms with Crippen molar-refractivity contribution in [2.24, 2.45) is 0 Å². The van der Waals surface area contributed by atoms with Gasteiger partial charge in [0.2, 0.25) is 0 Å². The summed E-state index contributed by atoms with van der Waals surface area (Å²) in [4.78, 5) is 17.0. The number of hydrogen-bond donors (Lipinski definition) is 2. The van der Waals surface area contributed by atoms with E-state index < -0.39 is 0 Å². The molecule has 0 aliphatic carbocycles. The Balaban J connectivity index is 1.50. The summed E-state index contributed by atoms with van der Waals surface area (Å²) in [6.45, 7) is 4.64. The molecule has 2 aromatic rings. The predicted octanol–water partition coefficient (Wildman–Crippen LogP) is 2.13. The van der Waals surface area contributed by atoms with E-state index in [1.54, 1.807) is 12.1 Å². The number of carbonyl (C=O) groups excluding carboxylic acids is 1. The molecule has 1 aliphatic heterocycles. The molecule has 0 spiro atoms. The van der Waals surface area contributed by atoms with Crippen LogP contribution in [0.1, 0.15) is 15.9 Å². The molecule has 0 bridgehead atoms. The molecule has 27 heavy (non-hydrogen) atoms. The summed E-state index contributed by atoms with van der Waals surface area (Å²) in [6, 6.07) is 13.1. The van der Waals surface area contributed by atoms with Gasteiger partial charge in [0.15, 0.2) is 11.5 Å². The van der Waals surface area contributed by atoms with E-state index in [9.17, 15) is 9.90 Å². The standard InChI is InChI=1S/C21H27N3O3/c1-23-11-13-24(14-12-23)18-6-4-17(5-7-18)21(26)22-10-9-16-3-8-20(27-2)19(25)15-16/h3-8,15,25H,9-14H2,1-2H3,(H,22,26). The average Bonchev–Trinajstić information content (AvgIpc) is 2.69. The number of aromatic hydroxyl groups is 1. The predicted molar refractivity (Wildman–Crippen MR) is 107 cm³/mol. The van der Waals surface area contributed by atoms with Crippen LogP contribution in [-0.4, -0.2) is 62.8 Å². The number of rotatable bonds is 6. The molecule has 1 heterocycles. The van der Waals surface area contributed by atoms with Crippen LogP contribution in [0.3, 0.4) is 0 Å². The van der Waals surface area contributed by atoms with Crippen molar-refractivity contribution in [1.29, 1.82) is 0 Å². The monoisotopic (exact) mass is 369 g/mol. The molecule has 1 saturated heterocycles. The third kappa shape index (κ3) is 4.92. The Morgan fingerprint density at radius 2 is 1.81 bits per heavy atom. The number of nitrogens with zero attached hydrogens (tertiary/aromatic N) is 2. The number of phenols is 1. The van der Waals surface area contributed by atoms with Gasteiger partial charge in [-0.25, -0.2) is 0 Å². The number of likely N-dealkylation sites (N-methyl/N-ethyl adjacent to an activating group) is 1. The Hall–Kier alpha value is -2.73. The topological polar surface area (TPSA) is 65.0 Å². The van der Waals surface area contributed by atoms with Crippen LogP contribution >= 0.6 is 0 Å². The summed E-state index contributed by atoms with van der Waals surface area (Å²) >= 11 is 0. The lowest BCUT2D eigenvalue weighted by molar-refractivity contribution is 0.0954. The first-order chi connectivity index (χ1) is 13.1. The zero-order valence-corrected chi connectivity index (χ0v) is 15.9. The van der Waals surface area contributed by atoms with Gasteiger partial charge in [-0.05, 0) is 55.4 Å². The number of piperazine rings is 1. The van der Waals surface area contributed by atoms with Crippen molar-refractivity contribution in [3.05, 3.63) is 53.6 Å². The number of methoxy groups -OCH3 is 1. The van der Waals surface area contributed by atoms with Crippen LogP contribution in [0.15, 0.2) is 42.5 Å². The molecule has 0 radical (unpaired) electrons. The fraction of sp³-hybridized carbons (Fsp3) is 0.381. The highest BCUT2D eigenvalue weighted by molar-refractivity contribution is 5.94. The average molecular weight is 369 g/mol. The smallest absolute Gasteiger partial charge is 0.251 e. The molecule has 0 unspecified atom stereocenters. The summed E-state index contributed by atoms with van der Waals surface area (Å²) in [5.74, 6) is 0.474. The number of ether oxygens (including phenoxy) is 1. The minimum absolute atomic E-state index is 0.0855. The van der Waals surface area contributed by atoms with Crippen molar-refractivity contribution in [2.45, 2.75) is 6.42 Å². The number of carbonyl (C=O) groups is 1. The molecule has 2 aromatic carbocycles. The Bertz CT molecular complexity index is 769. The van der Waals surface area contributed by atoms with Gasteiger partial charge in [0.25, 0.3) is 5.91 Å². The molecule has 2 N–H and O–H groups in total. The molecule has 0 saturated carbocycles. The zero-order valence-electron chi connectivity index (χ0n) is 15.9. The molecule has 1 aliphatic rings. The van der Waals surface area contributed by atoms with E-state index in [0.29, 0.717) is 24.3 Å². The number of anilines is 1. The van der Waals surface area contributed by atoms with Gasteiger partial charge in [0.1, 0.15) is 0 Å². The first-order valence-corrected chi connectivity index (χ1v) is 9.24. The molecular formula is C21H27N3O3. The fourth-order valence-corrected chi connectivity index (χ4v) is 3.20. The first-order valence-electron chi connectivity index (χ1n) is 9.24. The van der Waals surface area contributed by atoms with Crippen molar-refractivity contribution in [2.75, 3.05) is 51.8 Å². The van der Waals surface area contributed by atoms with E-state index in [4.69, 9.17) is 4.74 Å². The largest absolute Gasteiger partial charge is 0.504 e. The van der Waals surface area contributed by atoms with Gasteiger partial charge in [-0.2, -0.15) is 0 Å². The second kappa shape index (κ2) is 8.77. The summed E-state index contributed by atoms with van der Waals surface area (Å²) in [6.07, 6.45) is 0.642. The molecular weight excluding hydrogens is 342 g/mol. The zero-order chi connectivity index (χ0) is 19.2. The van der Waals surface area contributed by atoms with Crippen LogP contribution in [0.4, 0.5) is 5.69 Å². The molecule has 6 heteroatoms. The number of phenolic OH excluding ortho intramolecular Hbond substituents is 1. The molecule has 0 atom stereocenters. The number of benzene rings is 2. The van der Waals surface area contributed by atoms with E-state index in [1.165, 1.54) is 7.11 Å². The summed E-state index contributed by atoms with van der Waals surface area (Å²) < 4.78 is 5.03. The third-order valence-electron chi connectivity index (χ3n) is 4.94. The Morgan fingerprint density at radius 3 is 2.44 bits per heavy atom. The lowest BCUT2D eigenvalue weighted by Gasteiger charge is -2.34. The molecule has 1 fully saturated rings. The Kier molecular flexibility index (Phi) is 6.19.